The molecular weight excluding hydrogens is 311 g/mol. The van der Waals surface area contributed by atoms with E-state index in [1.165, 1.54) is 24.3 Å². The van der Waals surface area contributed by atoms with Crippen molar-refractivity contribution in [3.05, 3.63) is 65.2 Å². The third-order valence-corrected chi connectivity index (χ3v) is 3.46. The molecule has 1 aliphatic heterocycles. The average molecular weight is 319 g/mol. The van der Waals surface area contributed by atoms with Crippen LogP contribution in [0.4, 0.5) is 18.9 Å². The number of imide groups is 1. The van der Waals surface area contributed by atoms with Crippen LogP contribution in [0.3, 0.4) is 0 Å². The molecule has 0 bridgehead atoms. The topological polar surface area (TPSA) is 54.5 Å². The van der Waals surface area contributed by atoms with Crippen molar-refractivity contribution in [3.63, 3.8) is 0 Å². The highest BCUT2D eigenvalue weighted by Gasteiger charge is 2.39. The number of carbonyl (C=O) groups is 3. The van der Waals surface area contributed by atoms with Crippen molar-refractivity contribution in [2.75, 3.05) is 4.90 Å². The Hall–Kier alpha value is -2.96. The molecule has 0 atom stereocenters. The number of nitrogens with zero attached hydrogens (tertiary/aromatic N) is 1. The molecule has 0 saturated carbocycles. The van der Waals surface area contributed by atoms with Crippen molar-refractivity contribution >= 4 is 23.3 Å². The number of carbonyl (C=O) groups excluding carboxylic acids is 3. The number of hydrogen-bond donors (Lipinski definition) is 0. The van der Waals surface area contributed by atoms with Crippen LogP contribution in [-0.2, 0) is 11.0 Å². The maximum Gasteiger partial charge on any atom is 0.416 e. The lowest BCUT2D eigenvalue weighted by Crippen LogP contribution is -2.46. The van der Waals surface area contributed by atoms with Crippen molar-refractivity contribution in [2.45, 2.75) is 6.18 Å². The van der Waals surface area contributed by atoms with E-state index < -0.39 is 29.3 Å². The number of fused-ring (bicyclic) bond motifs is 1. The standard InChI is InChI=1S/C16H8F3NO3/c17-16(18,19)9-5-7-10(8-6-9)20-14(22)12-4-2-1-3-11(12)13(21)15(20)23/h1-8H. The highest BCUT2D eigenvalue weighted by Crippen LogP contribution is 2.32. The van der Waals surface area contributed by atoms with E-state index in [1.54, 1.807) is 0 Å². The minimum Gasteiger partial charge on any atom is -0.283 e. The van der Waals surface area contributed by atoms with Gasteiger partial charge in [-0.1, -0.05) is 18.2 Å². The van der Waals surface area contributed by atoms with Gasteiger partial charge in [-0.25, -0.2) is 4.90 Å². The zero-order valence-electron chi connectivity index (χ0n) is 11.4. The molecule has 1 aliphatic rings. The Bertz CT molecular complexity index is 825. The van der Waals surface area contributed by atoms with E-state index in [0.717, 1.165) is 24.3 Å². The van der Waals surface area contributed by atoms with Gasteiger partial charge in [-0.2, -0.15) is 13.2 Å². The summed E-state index contributed by atoms with van der Waals surface area (Å²) in [6.45, 7) is 0. The van der Waals surface area contributed by atoms with Gasteiger partial charge in [0.25, 0.3) is 11.7 Å². The van der Waals surface area contributed by atoms with Gasteiger partial charge in [0.05, 0.1) is 16.8 Å². The molecular formula is C16H8F3NO3. The van der Waals surface area contributed by atoms with E-state index in [1.807, 2.05) is 0 Å². The van der Waals surface area contributed by atoms with E-state index >= 15 is 0 Å². The molecule has 23 heavy (non-hydrogen) atoms. The summed E-state index contributed by atoms with van der Waals surface area (Å²) in [5.74, 6) is -2.71. The van der Waals surface area contributed by atoms with Crippen LogP contribution >= 0.6 is 0 Å². The van der Waals surface area contributed by atoms with E-state index in [2.05, 4.69) is 0 Å². The molecule has 4 nitrogen and oxygen atoms in total. The fraction of sp³-hybridized carbons (Fsp3) is 0.0625. The summed E-state index contributed by atoms with van der Waals surface area (Å²) in [5.41, 5.74) is -0.969. The van der Waals surface area contributed by atoms with E-state index in [4.69, 9.17) is 0 Å². The van der Waals surface area contributed by atoms with Crippen molar-refractivity contribution < 1.29 is 27.6 Å². The van der Waals surface area contributed by atoms with Gasteiger partial charge in [0.2, 0.25) is 0 Å². The molecule has 0 fully saturated rings. The maximum absolute atomic E-state index is 12.6. The minimum absolute atomic E-state index is 0.00865. The monoisotopic (exact) mass is 319 g/mol. The average Bonchev–Trinajstić information content (AvgIpc) is 2.53. The smallest absolute Gasteiger partial charge is 0.283 e. The third-order valence-electron chi connectivity index (χ3n) is 3.46. The zero-order chi connectivity index (χ0) is 16.8. The van der Waals surface area contributed by atoms with Crippen LogP contribution in [0.15, 0.2) is 48.5 Å². The van der Waals surface area contributed by atoms with Gasteiger partial charge in [0, 0.05) is 5.56 Å². The van der Waals surface area contributed by atoms with Crippen molar-refractivity contribution in [3.8, 4) is 0 Å². The number of hydrogen-bond acceptors (Lipinski definition) is 3. The molecule has 0 aliphatic carbocycles. The SMILES string of the molecule is O=C1C(=O)N(c2ccc(C(F)(F)F)cc2)C(=O)c2ccccc21. The number of halogens is 3. The number of anilines is 1. The zero-order valence-corrected chi connectivity index (χ0v) is 11.4. The lowest BCUT2D eigenvalue weighted by Gasteiger charge is -2.25. The first kappa shape index (κ1) is 15.0. The predicted molar refractivity (Wildman–Crippen MR) is 74.0 cm³/mol. The van der Waals surface area contributed by atoms with Crippen LogP contribution in [0.25, 0.3) is 0 Å². The van der Waals surface area contributed by atoms with E-state index in [0.29, 0.717) is 4.90 Å². The number of benzene rings is 2. The fourth-order valence-corrected chi connectivity index (χ4v) is 2.33. The summed E-state index contributed by atoms with van der Waals surface area (Å²) in [5, 5.41) is 0. The molecule has 2 aromatic rings. The molecule has 3 rings (SSSR count). The Balaban J connectivity index is 2.05. The van der Waals surface area contributed by atoms with Gasteiger partial charge in [0.15, 0.2) is 0 Å². The molecule has 0 spiro atoms. The van der Waals surface area contributed by atoms with Crippen LogP contribution in [-0.4, -0.2) is 17.6 Å². The highest BCUT2D eigenvalue weighted by molar-refractivity contribution is 6.55. The first-order valence-electron chi connectivity index (χ1n) is 6.50. The van der Waals surface area contributed by atoms with Gasteiger partial charge in [-0.3, -0.25) is 14.4 Å². The normalized spacial score (nSPS) is 14.9. The third kappa shape index (κ3) is 2.40. The molecule has 1 heterocycles. The lowest BCUT2D eigenvalue weighted by atomic mass is 9.97. The van der Waals surface area contributed by atoms with E-state index in [9.17, 15) is 27.6 Å². The summed E-state index contributed by atoms with van der Waals surface area (Å²) in [6, 6.07) is 9.27. The van der Waals surface area contributed by atoms with Crippen LogP contribution in [0.2, 0.25) is 0 Å². The van der Waals surface area contributed by atoms with Gasteiger partial charge in [-0.05, 0) is 30.3 Å². The van der Waals surface area contributed by atoms with Gasteiger partial charge >= 0.3 is 12.1 Å². The molecule has 2 amide bonds. The summed E-state index contributed by atoms with van der Waals surface area (Å²) in [7, 11) is 0. The van der Waals surface area contributed by atoms with Crippen LogP contribution in [0.5, 0.6) is 0 Å². The molecule has 116 valence electrons. The second kappa shape index (κ2) is 5.05. The number of ketones is 1. The minimum atomic E-state index is -4.53. The second-order valence-electron chi connectivity index (χ2n) is 4.87. The number of amides is 2. The lowest BCUT2D eigenvalue weighted by molar-refractivity contribution is -0.137. The molecule has 0 aromatic heterocycles. The quantitative estimate of drug-likeness (QED) is 0.599. The number of alkyl halides is 3. The van der Waals surface area contributed by atoms with E-state index in [-0.39, 0.29) is 16.8 Å². The summed E-state index contributed by atoms with van der Waals surface area (Å²) < 4.78 is 37.7. The molecule has 2 aromatic carbocycles. The van der Waals surface area contributed by atoms with Gasteiger partial charge in [0.1, 0.15) is 0 Å². The Kier molecular flexibility index (Phi) is 3.28. The van der Waals surface area contributed by atoms with Crippen molar-refractivity contribution in [1.82, 2.24) is 0 Å². The highest BCUT2D eigenvalue weighted by atomic mass is 19.4. The first-order valence-corrected chi connectivity index (χ1v) is 6.50. The Morgan fingerprint density at radius 1 is 0.739 bits per heavy atom. The maximum atomic E-state index is 12.6. The van der Waals surface area contributed by atoms with Crippen LogP contribution < -0.4 is 4.90 Å². The Morgan fingerprint density at radius 3 is 1.87 bits per heavy atom. The molecule has 0 unspecified atom stereocenters. The summed E-state index contributed by atoms with van der Waals surface area (Å²) >= 11 is 0. The first-order chi connectivity index (χ1) is 10.8. The Labute approximate surface area is 128 Å². The summed E-state index contributed by atoms with van der Waals surface area (Å²) in [6.07, 6.45) is -4.53. The van der Waals surface area contributed by atoms with Crippen molar-refractivity contribution in [1.29, 1.82) is 0 Å². The van der Waals surface area contributed by atoms with Gasteiger partial charge in [-0.15, -0.1) is 0 Å². The summed E-state index contributed by atoms with van der Waals surface area (Å²) in [4.78, 5) is 37.1. The molecule has 0 saturated heterocycles. The van der Waals surface area contributed by atoms with Crippen molar-refractivity contribution in [2.24, 2.45) is 0 Å². The fourth-order valence-electron chi connectivity index (χ4n) is 2.33. The number of Topliss-reactive ketones (excluding diaryl/α,β-unsaturated/α-hetero) is 1. The van der Waals surface area contributed by atoms with Crippen LogP contribution in [0, 0.1) is 0 Å². The Morgan fingerprint density at radius 2 is 1.30 bits per heavy atom. The molecule has 0 N–H and O–H groups in total. The molecule has 7 heteroatoms. The largest absolute Gasteiger partial charge is 0.416 e. The second-order valence-corrected chi connectivity index (χ2v) is 4.87. The predicted octanol–water partition coefficient (Wildman–Crippen LogP) is 3.08. The molecule has 0 radical (unpaired) electrons. The van der Waals surface area contributed by atoms with Crippen LogP contribution in [0.1, 0.15) is 26.3 Å². The number of rotatable bonds is 1. The van der Waals surface area contributed by atoms with Gasteiger partial charge < -0.3 is 0 Å².